The molecule has 0 amide bonds. The Kier molecular flexibility index (Phi) is 6.26. The number of thiazole rings is 1. The highest BCUT2D eigenvalue weighted by Gasteiger charge is 2.26. The van der Waals surface area contributed by atoms with Gasteiger partial charge < -0.3 is 0 Å². The molecule has 0 spiro atoms. The van der Waals surface area contributed by atoms with E-state index in [1.807, 2.05) is 42.6 Å². The van der Waals surface area contributed by atoms with Crippen molar-refractivity contribution < 1.29 is 8.42 Å². The van der Waals surface area contributed by atoms with E-state index in [-0.39, 0.29) is 0 Å². The molecule has 3 aromatic rings. The van der Waals surface area contributed by atoms with Crippen molar-refractivity contribution in [3.05, 3.63) is 65.0 Å². The van der Waals surface area contributed by atoms with E-state index in [4.69, 9.17) is 0 Å². The first-order valence-electron chi connectivity index (χ1n) is 9.94. The van der Waals surface area contributed by atoms with E-state index in [9.17, 15) is 8.42 Å². The summed E-state index contributed by atoms with van der Waals surface area (Å²) in [5, 5.41) is 6.79. The molecule has 1 N–H and O–H groups in total. The van der Waals surface area contributed by atoms with Crippen molar-refractivity contribution in [2.45, 2.75) is 31.1 Å². The molecule has 6 nitrogen and oxygen atoms in total. The number of anilines is 1. The predicted molar refractivity (Wildman–Crippen MR) is 123 cm³/mol. The van der Waals surface area contributed by atoms with Crippen molar-refractivity contribution in [3.8, 4) is 11.3 Å². The number of piperidine rings is 1. The highest BCUT2D eigenvalue weighted by molar-refractivity contribution is 7.89. The number of nitrogens with one attached hydrogen (secondary N) is 1. The van der Waals surface area contributed by atoms with Crippen LogP contribution in [0.1, 0.15) is 30.4 Å². The van der Waals surface area contributed by atoms with Crippen LogP contribution >= 0.6 is 11.3 Å². The average molecular weight is 441 g/mol. The Morgan fingerprint density at radius 3 is 2.63 bits per heavy atom. The molecule has 1 aliphatic heterocycles. The highest BCUT2D eigenvalue weighted by atomic mass is 32.2. The van der Waals surface area contributed by atoms with Gasteiger partial charge in [-0.15, -0.1) is 11.3 Å². The van der Waals surface area contributed by atoms with Crippen molar-refractivity contribution in [2.75, 3.05) is 18.5 Å². The van der Waals surface area contributed by atoms with Gasteiger partial charge in [-0.1, -0.05) is 48.4 Å². The van der Waals surface area contributed by atoms with Crippen LogP contribution in [0, 0.1) is 6.92 Å². The lowest BCUT2D eigenvalue weighted by molar-refractivity contribution is 0.346. The van der Waals surface area contributed by atoms with Gasteiger partial charge in [-0.3, -0.25) is 5.43 Å². The third-order valence-corrected chi connectivity index (χ3v) is 7.68. The third kappa shape index (κ3) is 4.77. The lowest BCUT2D eigenvalue weighted by Crippen LogP contribution is -2.35. The second-order valence-electron chi connectivity index (χ2n) is 7.31. The topological polar surface area (TPSA) is 74.7 Å². The molecule has 2 heterocycles. The molecule has 0 atom stereocenters. The zero-order valence-electron chi connectivity index (χ0n) is 16.8. The van der Waals surface area contributed by atoms with E-state index >= 15 is 0 Å². The van der Waals surface area contributed by atoms with E-state index in [0.717, 1.165) is 36.1 Å². The molecule has 0 bridgehead atoms. The smallest absolute Gasteiger partial charge is 0.243 e. The normalized spacial score (nSPS) is 15.5. The number of sulfonamides is 1. The largest absolute Gasteiger partial charge is 0.253 e. The van der Waals surface area contributed by atoms with Gasteiger partial charge in [0, 0.05) is 24.0 Å². The molecule has 1 saturated heterocycles. The number of rotatable bonds is 6. The minimum absolute atomic E-state index is 0.321. The molecule has 8 heteroatoms. The summed E-state index contributed by atoms with van der Waals surface area (Å²) in [6.45, 7) is 3.23. The second kappa shape index (κ2) is 9.07. The van der Waals surface area contributed by atoms with Gasteiger partial charge in [0.15, 0.2) is 0 Å². The number of benzene rings is 2. The Bertz CT molecular complexity index is 1130. The van der Waals surface area contributed by atoms with Crippen LogP contribution in [0.5, 0.6) is 0 Å². The van der Waals surface area contributed by atoms with Gasteiger partial charge in [-0.25, -0.2) is 13.4 Å². The maximum absolute atomic E-state index is 12.9. The van der Waals surface area contributed by atoms with Gasteiger partial charge in [-0.2, -0.15) is 9.41 Å². The Morgan fingerprint density at radius 2 is 1.87 bits per heavy atom. The Labute approximate surface area is 181 Å². The minimum Gasteiger partial charge on any atom is -0.253 e. The summed E-state index contributed by atoms with van der Waals surface area (Å²) >= 11 is 1.43. The van der Waals surface area contributed by atoms with E-state index in [0.29, 0.717) is 23.1 Å². The van der Waals surface area contributed by atoms with Crippen LogP contribution in [0.2, 0.25) is 0 Å². The van der Waals surface area contributed by atoms with Gasteiger partial charge in [0.1, 0.15) is 0 Å². The molecule has 0 saturated carbocycles. The number of aryl methyl sites for hydroxylation is 1. The van der Waals surface area contributed by atoms with E-state index in [2.05, 4.69) is 15.5 Å². The third-order valence-electron chi connectivity index (χ3n) is 5.04. The Hall–Kier alpha value is -2.55. The standard InChI is InChI=1S/C22H24N4O2S2/c1-17-8-10-18(11-9-17)15-23-25-22-24-21(16-29-22)19-6-5-7-20(14-19)30(27,28)26-12-3-2-4-13-26/h5-11,14-16H,2-4,12-13H2,1H3,(H,24,25). The highest BCUT2D eigenvalue weighted by Crippen LogP contribution is 2.28. The predicted octanol–water partition coefficient (Wildman–Crippen LogP) is 4.74. The summed E-state index contributed by atoms with van der Waals surface area (Å²) in [4.78, 5) is 4.87. The Morgan fingerprint density at radius 1 is 1.10 bits per heavy atom. The first kappa shape index (κ1) is 20.7. The summed E-state index contributed by atoms with van der Waals surface area (Å²) in [7, 11) is -3.46. The fourth-order valence-electron chi connectivity index (χ4n) is 3.34. The maximum Gasteiger partial charge on any atom is 0.243 e. The van der Waals surface area contributed by atoms with Crippen molar-refractivity contribution in [1.29, 1.82) is 0 Å². The second-order valence-corrected chi connectivity index (χ2v) is 10.1. The van der Waals surface area contributed by atoms with Crippen molar-refractivity contribution in [3.63, 3.8) is 0 Å². The molecule has 1 aliphatic rings. The number of nitrogens with zero attached hydrogens (tertiary/aromatic N) is 3. The van der Waals surface area contributed by atoms with Crippen LogP contribution in [-0.4, -0.2) is 37.0 Å². The molecule has 30 heavy (non-hydrogen) atoms. The summed E-state index contributed by atoms with van der Waals surface area (Å²) in [5.74, 6) is 0. The summed E-state index contributed by atoms with van der Waals surface area (Å²) in [6.07, 6.45) is 4.67. The monoisotopic (exact) mass is 440 g/mol. The molecular weight excluding hydrogens is 416 g/mol. The molecular formula is C22H24N4O2S2. The summed E-state index contributed by atoms with van der Waals surface area (Å²) in [5.41, 5.74) is 6.65. The molecule has 0 radical (unpaired) electrons. The summed E-state index contributed by atoms with van der Waals surface area (Å²) < 4.78 is 27.5. The van der Waals surface area contributed by atoms with Crippen LogP contribution in [0.4, 0.5) is 5.13 Å². The zero-order valence-corrected chi connectivity index (χ0v) is 18.4. The fraction of sp³-hybridized carbons (Fsp3) is 0.273. The van der Waals surface area contributed by atoms with E-state index in [1.165, 1.54) is 16.9 Å². The van der Waals surface area contributed by atoms with E-state index < -0.39 is 10.0 Å². The van der Waals surface area contributed by atoms with Crippen molar-refractivity contribution >= 4 is 32.7 Å². The van der Waals surface area contributed by atoms with E-state index in [1.54, 1.807) is 28.7 Å². The first-order valence-corrected chi connectivity index (χ1v) is 12.3. The van der Waals surface area contributed by atoms with Crippen molar-refractivity contribution in [2.24, 2.45) is 5.10 Å². The maximum atomic E-state index is 12.9. The number of hydrogen-bond acceptors (Lipinski definition) is 6. The minimum atomic E-state index is -3.46. The molecule has 1 aromatic heterocycles. The summed E-state index contributed by atoms with van der Waals surface area (Å²) in [6, 6.07) is 15.1. The molecule has 0 unspecified atom stereocenters. The molecule has 1 fully saturated rings. The van der Waals surface area contributed by atoms with Crippen LogP contribution in [-0.2, 0) is 10.0 Å². The SMILES string of the molecule is Cc1ccc(C=NNc2nc(-c3cccc(S(=O)(=O)N4CCCCC4)c3)cs2)cc1. The molecule has 156 valence electrons. The number of hydrazone groups is 1. The zero-order chi connectivity index (χ0) is 21.0. The average Bonchev–Trinajstić information content (AvgIpc) is 3.25. The first-order chi connectivity index (χ1) is 14.5. The molecule has 0 aliphatic carbocycles. The van der Waals surface area contributed by atoms with Gasteiger partial charge in [-0.05, 0) is 37.5 Å². The van der Waals surface area contributed by atoms with Crippen LogP contribution in [0.25, 0.3) is 11.3 Å². The van der Waals surface area contributed by atoms with Gasteiger partial charge in [0.2, 0.25) is 15.2 Å². The number of hydrogen-bond donors (Lipinski definition) is 1. The lowest BCUT2D eigenvalue weighted by Gasteiger charge is -2.26. The van der Waals surface area contributed by atoms with Crippen LogP contribution in [0.15, 0.2) is 63.9 Å². The van der Waals surface area contributed by atoms with Gasteiger partial charge >= 0.3 is 0 Å². The van der Waals surface area contributed by atoms with Crippen LogP contribution in [0.3, 0.4) is 0 Å². The number of aromatic nitrogens is 1. The fourth-order valence-corrected chi connectivity index (χ4v) is 5.57. The molecule has 2 aromatic carbocycles. The van der Waals surface area contributed by atoms with Gasteiger partial charge in [0.25, 0.3) is 0 Å². The lowest BCUT2D eigenvalue weighted by atomic mass is 10.2. The van der Waals surface area contributed by atoms with Crippen LogP contribution < -0.4 is 5.43 Å². The quantitative estimate of drug-likeness (QED) is 0.444. The van der Waals surface area contributed by atoms with Crippen molar-refractivity contribution in [1.82, 2.24) is 9.29 Å². The molecule has 4 rings (SSSR count). The van der Waals surface area contributed by atoms with Gasteiger partial charge in [0.05, 0.1) is 16.8 Å². The Balaban J connectivity index is 1.48.